The predicted molar refractivity (Wildman–Crippen MR) is 334 cm³/mol. The fraction of sp³-hybridized carbons (Fsp3) is 0.239. The second kappa shape index (κ2) is 27.7. The van der Waals surface area contributed by atoms with Crippen molar-refractivity contribution in [2.75, 3.05) is 32.7 Å². The number of carbonyl (C=O) groups is 1. The van der Waals surface area contributed by atoms with Crippen LogP contribution in [-0.4, -0.2) is 125 Å². The first-order valence-electron chi connectivity index (χ1n) is 30.0. The Morgan fingerprint density at radius 3 is 1.23 bits per heavy atom. The lowest BCUT2D eigenvalue weighted by molar-refractivity contribution is 0.0740. The zero-order valence-corrected chi connectivity index (χ0v) is 50.6. The molecule has 0 saturated heterocycles. The van der Waals surface area contributed by atoms with Gasteiger partial charge in [0.05, 0.1) is 85.5 Å². The molecule has 28 heteroatoms. The summed E-state index contributed by atoms with van der Waals surface area (Å²) < 4.78 is 125. The van der Waals surface area contributed by atoms with Crippen LogP contribution in [-0.2, 0) is 39.3 Å². The second-order valence-corrected chi connectivity index (χ2v) is 22.3. The number of rotatable bonds is 12. The van der Waals surface area contributed by atoms with Gasteiger partial charge in [0.1, 0.15) is 81.1 Å². The van der Waals surface area contributed by atoms with Gasteiger partial charge < -0.3 is 24.8 Å². The van der Waals surface area contributed by atoms with Gasteiger partial charge in [-0.25, -0.2) is 69.4 Å². The number of nitriles is 2. The van der Waals surface area contributed by atoms with Crippen molar-refractivity contribution in [3.05, 3.63) is 198 Å². The molecule has 0 aliphatic carbocycles. The van der Waals surface area contributed by atoms with Gasteiger partial charge in [-0.1, -0.05) is 6.92 Å². The Labute approximate surface area is 536 Å². The van der Waals surface area contributed by atoms with Crippen molar-refractivity contribution < 1.29 is 44.3 Å². The standard InChI is InChI=1S/C22H19F3N6O.C22H17F3N6.C20H15FN6.C3H6F2/c23-15-4-1-13(2-5-15)20-21(30-8-7-29(11-17(24)25)12-19(30)28-20)14-3-6-18-27-9-16(22(26)32)31(18)10-14;23-16-4-1-14(2-5-16)21-22(15-3-6-19-27-10-17(9-26)31(19)11-15)30-8-7-29(12-18(24)25)13-20(30)28-21;21-15-4-1-13(2-5-15)19-20(26-8-7-23-11-18(26)25-19)14-3-6-17-24-10-16(9-22)27(17)12-14;1-2-3(4)5/h1-6,9-10,17H,7-8,11-12H2,(H2,26,32);1-6,10-11,18H,7-8,12-13H2;1-6,10,12,23H,7-8,11H2;3H,2H2,1H3. The highest BCUT2D eigenvalue weighted by Crippen LogP contribution is 2.39. The number of hydrogen-bond donors (Lipinski definition) is 2. The summed E-state index contributed by atoms with van der Waals surface area (Å²) in [6.07, 6.45) is 3.00. The van der Waals surface area contributed by atoms with Gasteiger partial charge in [-0.15, -0.1) is 0 Å². The molecule has 12 heterocycles. The van der Waals surface area contributed by atoms with Gasteiger partial charge in [-0.05, 0) is 109 Å². The number of imidazole rings is 6. The molecule has 484 valence electrons. The number of alkyl halides is 6. The Bertz CT molecular complexity index is 4840. The molecule has 1 amide bonds. The van der Waals surface area contributed by atoms with Crippen LogP contribution in [0.1, 0.15) is 52.7 Å². The number of benzene rings is 3. The number of halogens is 9. The lowest BCUT2D eigenvalue weighted by Crippen LogP contribution is -2.37. The third-order valence-electron chi connectivity index (χ3n) is 16.2. The minimum absolute atomic E-state index is 0.0278. The van der Waals surface area contributed by atoms with E-state index < -0.39 is 25.2 Å². The van der Waals surface area contributed by atoms with E-state index >= 15 is 0 Å². The van der Waals surface area contributed by atoms with E-state index in [9.17, 15) is 54.8 Å². The van der Waals surface area contributed by atoms with Crippen LogP contribution in [0.4, 0.5) is 39.5 Å². The van der Waals surface area contributed by atoms with Crippen molar-refractivity contribution in [1.82, 2.24) is 71.9 Å². The van der Waals surface area contributed by atoms with Crippen molar-refractivity contribution >= 4 is 22.8 Å². The molecule has 3 N–H and O–H groups in total. The van der Waals surface area contributed by atoms with E-state index in [-0.39, 0.29) is 49.2 Å². The largest absolute Gasteiger partial charge is 0.364 e. The van der Waals surface area contributed by atoms with Crippen molar-refractivity contribution in [3.63, 3.8) is 0 Å². The highest BCUT2D eigenvalue weighted by molar-refractivity contribution is 5.92. The first-order valence-corrected chi connectivity index (χ1v) is 30.0. The molecule has 9 aromatic heterocycles. The molecule has 12 aromatic rings. The Morgan fingerprint density at radius 2 is 0.853 bits per heavy atom. The van der Waals surface area contributed by atoms with E-state index in [1.165, 1.54) is 55.7 Å². The summed E-state index contributed by atoms with van der Waals surface area (Å²) in [7, 11) is 0. The number of nitrogens with zero attached hydrogens (tertiary/aromatic N) is 16. The fourth-order valence-corrected chi connectivity index (χ4v) is 11.7. The van der Waals surface area contributed by atoms with E-state index in [0.29, 0.717) is 90.6 Å². The summed E-state index contributed by atoms with van der Waals surface area (Å²) >= 11 is 0. The maximum Gasteiger partial charge on any atom is 0.267 e. The molecule has 3 aliphatic rings. The molecule has 0 spiro atoms. The third kappa shape index (κ3) is 13.6. The molecule has 15 rings (SSSR count). The maximum atomic E-state index is 13.5. The van der Waals surface area contributed by atoms with Gasteiger partial charge in [0, 0.05) is 97.7 Å². The van der Waals surface area contributed by atoms with E-state index in [1.807, 2.05) is 51.9 Å². The first kappa shape index (κ1) is 64.2. The minimum Gasteiger partial charge on any atom is -0.364 e. The molecule has 0 radical (unpaired) electrons. The third-order valence-corrected chi connectivity index (χ3v) is 16.2. The summed E-state index contributed by atoms with van der Waals surface area (Å²) in [6.45, 7) is 5.63. The summed E-state index contributed by atoms with van der Waals surface area (Å²) in [5.74, 6) is 0.668. The van der Waals surface area contributed by atoms with Crippen LogP contribution < -0.4 is 11.1 Å². The number of nitrogens with one attached hydrogen (secondary N) is 1. The van der Waals surface area contributed by atoms with E-state index in [2.05, 4.69) is 37.0 Å². The van der Waals surface area contributed by atoms with Crippen LogP contribution >= 0.6 is 0 Å². The van der Waals surface area contributed by atoms with Crippen molar-refractivity contribution in [2.45, 2.75) is 71.9 Å². The van der Waals surface area contributed by atoms with Crippen LogP contribution in [0.2, 0.25) is 0 Å². The highest BCUT2D eigenvalue weighted by Gasteiger charge is 2.30. The van der Waals surface area contributed by atoms with Crippen LogP contribution in [0.25, 0.3) is 84.5 Å². The monoisotopic (exact) mass is 1300 g/mol. The molecule has 0 unspecified atom stereocenters. The highest BCUT2D eigenvalue weighted by atomic mass is 19.3. The first-order chi connectivity index (χ1) is 45.9. The summed E-state index contributed by atoms with van der Waals surface area (Å²) in [4.78, 5) is 42.1. The Hall–Kier alpha value is -10.9. The van der Waals surface area contributed by atoms with Gasteiger partial charge in [-0.3, -0.25) is 27.8 Å². The average molecular weight is 1300 g/mol. The van der Waals surface area contributed by atoms with Gasteiger partial charge in [0.25, 0.3) is 18.8 Å². The summed E-state index contributed by atoms with van der Waals surface area (Å²) in [6, 6.07) is 33.9. The van der Waals surface area contributed by atoms with Crippen LogP contribution in [0, 0.1) is 40.1 Å². The zero-order valence-electron chi connectivity index (χ0n) is 50.6. The summed E-state index contributed by atoms with van der Waals surface area (Å²) in [5, 5.41) is 22.0. The van der Waals surface area contributed by atoms with Crippen molar-refractivity contribution in [1.29, 1.82) is 10.5 Å². The van der Waals surface area contributed by atoms with Gasteiger partial charge in [0.15, 0.2) is 0 Å². The number of aromatic nitrogens is 12. The molecule has 3 aromatic carbocycles. The quantitative estimate of drug-likeness (QED) is 0.109. The molecule has 0 atom stereocenters. The molecule has 95 heavy (non-hydrogen) atoms. The van der Waals surface area contributed by atoms with Crippen LogP contribution in [0.5, 0.6) is 0 Å². The molecular formula is C67H57F9N18O. The number of carbonyl (C=O) groups excluding carboxylic acids is 1. The Balaban J connectivity index is 0.000000132. The van der Waals surface area contributed by atoms with E-state index in [1.54, 1.807) is 77.9 Å². The molecular weight excluding hydrogens is 1240 g/mol. The van der Waals surface area contributed by atoms with Gasteiger partial charge in [-0.2, -0.15) is 10.5 Å². The molecule has 0 fully saturated rings. The van der Waals surface area contributed by atoms with Gasteiger partial charge >= 0.3 is 0 Å². The molecule has 0 saturated carbocycles. The smallest absolute Gasteiger partial charge is 0.267 e. The van der Waals surface area contributed by atoms with Crippen molar-refractivity contribution in [3.8, 4) is 79.7 Å². The lowest BCUT2D eigenvalue weighted by atomic mass is 10.1. The lowest BCUT2D eigenvalue weighted by Gasteiger charge is -2.28. The normalized spacial score (nSPS) is 13.8. The number of pyridine rings is 3. The predicted octanol–water partition coefficient (Wildman–Crippen LogP) is 11.8. The van der Waals surface area contributed by atoms with Crippen LogP contribution in [0.3, 0.4) is 0 Å². The number of nitrogens with two attached hydrogens (primary N) is 1. The van der Waals surface area contributed by atoms with Crippen molar-refractivity contribution in [2.24, 2.45) is 5.73 Å². The maximum absolute atomic E-state index is 13.5. The fourth-order valence-electron chi connectivity index (χ4n) is 11.7. The Morgan fingerprint density at radius 1 is 0.495 bits per heavy atom. The van der Waals surface area contributed by atoms with Crippen LogP contribution in [0.15, 0.2) is 146 Å². The SMILES string of the molecule is CCC(F)F.N#Cc1cnc2ccc(-c3c(-c4ccc(F)cc4)nc4n3CCN(CC(F)F)C4)cn12.N#Cc1cnc2ccc(-c3c(-c4ccc(F)cc4)nc4n3CCNC4)cn12.NC(=O)c1cnc2ccc(-c3c(-c4ccc(F)cc4)nc4n3CCN(CC(F)F)C4)cn12. The summed E-state index contributed by atoms with van der Waals surface area (Å²) in [5.41, 5.74) is 17.9. The van der Waals surface area contributed by atoms with E-state index in [4.69, 9.17) is 20.7 Å². The topological polar surface area (TPSA) is 215 Å². The van der Waals surface area contributed by atoms with E-state index in [0.717, 1.165) is 75.2 Å². The number of amides is 1. The molecule has 19 nitrogen and oxygen atoms in total. The Kier molecular flexibility index (Phi) is 18.7. The number of fused-ring (bicyclic) bond motifs is 6. The molecule has 0 bridgehead atoms. The zero-order chi connectivity index (χ0) is 66.6. The second-order valence-electron chi connectivity index (χ2n) is 22.3. The van der Waals surface area contributed by atoms with Gasteiger partial charge in [0.2, 0.25) is 6.43 Å². The molecule has 3 aliphatic heterocycles. The average Bonchev–Trinajstić information content (AvgIpc) is 1.65. The number of primary amides is 1. The minimum atomic E-state index is -2.43. The number of hydrogen-bond acceptors (Lipinski definition) is 12.